The van der Waals surface area contributed by atoms with E-state index >= 15 is 0 Å². The van der Waals surface area contributed by atoms with Crippen molar-refractivity contribution in [2.45, 2.75) is 63.8 Å². The lowest BCUT2D eigenvalue weighted by Crippen LogP contribution is -2.38. The Kier molecular flexibility index (Phi) is 6.46. The highest BCUT2D eigenvalue weighted by atomic mass is 15.4. The quantitative estimate of drug-likeness (QED) is 0.663. The molecule has 1 aliphatic heterocycles. The molecular weight excluding hydrogens is 372 g/mol. The first-order chi connectivity index (χ1) is 14.5. The molecule has 1 fully saturated rings. The van der Waals surface area contributed by atoms with Gasteiger partial charge in [0.05, 0.1) is 12.2 Å². The summed E-state index contributed by atoms with van der Waals surface area (Å²) in [7, 11) is 6.44. The number of anilines is 1. The molecular formula is C24H38N6. The number of hydrogen-bond acceptors (Lipinski definition) is 5. The van der Waals surface area contributed by atoms with Crippen LogP contribution >= 0.6 is 0 Å². The molecule has 1 aromatic heterocycles. The molecule has 6 nitrogen and oxygen atoms in total. The van der Waals surface area contributed by atoms with Crippen molar-refractivity contribution in [3.8, 4) is 0 Å². The molecule has 164 valence electrons. The Balaban J connectivity index is 1.60. The normalized spacial score (nSPS) is 21.5. The van der Waals surface area contributed by atoms with Crippen LogP contribution in [0.15, 0.2) is 30.5 Å². The molecule has 4 rings (SSSR count). The molecule has 30 heavy (non-hydrogen) atoms. The molecule has 2 unspecified atom stereocenters. The molecule has 0 saturated heterocycles. The molecule has 0 bridgehead atoms. The highest BCUT2D eigenvalue weighted by molar-refractivity contribution is 5.54. The van der Waals surface area contributed by atoms with Crippen LogP contribution in [0.3, 0.4) is 0 Å². The standard InChI is InChI=1S/C24H38N6/c1-17(2)30-24-21(15-26-30)22(27-20-9-10-20)14-23(29(24)5)19-8-6-7-18(13-19)16-28(4)12-11-25-3/h6-8,13,15,17,20,22-23,25,27H,9-12,14,16H2,1-5H3. The van der Waals surface area contributed by atoms with Gasteiger partial charge in [-0.15, -0.1) is 0 Å². The third-order valence-corrected chi connectivity index (χ3v) is 6.47. The van der Waals surface area contributed by atoms with Crippen molar-refractivity contribution in [2.75, 3.05) is 39.1 Å². The van der Waals surface area contributed by atoms with E-state index in [-0.39, 0.29) is 0 Å². The molecule has 2 atom stereocenters. The van der Waals surface area contributed by atoms with E-state index < -0.39 is 0 Å². The molecule has 1 saturated carbocycles. The average Bonchev–Trinajstić information content (AvgIpc) is 3.42. The largest absolute Gasteiger partial charge is 0.352 e. The van der Waals surface area contributed by atoms with Crippen molar-refractivity contribution in [1.82, 2.24) is 25.3 Å². The Bertz CT molecular complexity index is 840. The number of nitrogens with zero attached hydrogens (tertiary/aromatic N) is 4. The van der Waals surface area contributed by atoms with Gasteiger partial charge in [0.2, 0.25) is 0 Å². The first-order valence-corrected chi connectivity index (χ1v) is 11.5. The van der Waals surface area contributed by atoms with Crippen LogP contribution in [-0.4, -0.2) is 55.0 Å². The predicted octanol–water partition coefficient (Wildman–Crippen LogP) is 3.49. The maximum atomic E-state index is 4.76. The van der Waals surface area contributed by atoms with Crippen LogP contribution < -0.4 is 15.5 Å². The van der Waals surface area contributed by atoms with E-state index in [2.05, 4.69) is 83.5 Å². The van der Waals surface area contributed by atoms with Gasteiger partial charge in [0.1, 0.15) is 5.82 Å². The van der Waals surface area contributed by atoms with Gasteiger partial charge in [0.15, 0.2) is 0 Å². The van der Waals surface area contributed by atoms with Crippen molar-refractivity contribution < 1.29 is 0 Å². The average molecular weight is 411 g/mol. The van der Waals surface area contributed by atoms with Gasteiger partial charge in [-0.25, -0.2) is 4.68 Å². The van der Waals surface area contributed by atoms with Crippen molar-refractivity contribution >= 4 is 5.82 Å². The maximum Gasteiger partial charge on any atom is 0.132 e. The number of aromatic nitrogens is 2. The van der Waals surface area contributed by atoms with Gasteiger partial charge in [-0.2, -0.15) is 5.10 Å². The third kappa shape index (κ3) is 4.56. The van der Waals surface area contributed by atoms with E-state index in [1.165, 1.54) is 35.3 Å². The molecule has 0 radical (unpaired) electrons. The highest BCUT2D eigenvalue weighted by Gasteiger charge is 2.37. The summed E-state index contributed by atoms with van der Waals surface area (Å²) >= 11 is 0. The van der Waals surface area contributed by atoms with Crippen LogP contribution in [0.25, 0.3) is 0 Å². The van der Waals surface area contributed by atoms with Crippen LogP contribution in [0.5, 0.6) is 0 Å². The minimum atomic E-state index is 0.351. The van der Waals surface area contributed by atoms with Gasteiger partial charge in [-0.3, -0.25) is 0 Å². The molecule has 0 spiro atoms. The molecule has 1 aromatic carbocycles. The summed E-state index contributed by atoms with van der Waals surface area (Å²) < 4.78 is 2.19. The van der Waals surface area contributed by atoms with Gasteiger partial charge in [-0.1, -0.05) is 24.3 Å². The van der Waals surface area contributed by atoms with E-state index in [1.807, 2.05) is 7.05 Å². The fraction of sp³-hybridized carbons (Fsp3) is 0.625. The molecule has 2 aliphatic rings. The Morgan fingerprint density at radius 3 is 2.77 bits per heavy atom. The first-order valence-electron chi connectivity index (χ1n) is 11.5. The van der Waals surface area contributed by atoms with Crippen LogP contribution in [-0.2, 0) is 6.54 Å². The van der Waals surface area contributed by atoms with Crippen molar-refractivity contribution in [3.05, 3.63) is 47.2 Å². The number of likely N-dealkylation sites (N-methyl/N-ethyl adjacent to an activating group) is 2. The van der Waals surface area contributed by atoms with Crippen molar-refractivity contribution in [3.63, 3.8) is 0 Å². The van der Waals surface area contributed by atoms with Gasteiger partial charge in [0.25, 0.3) is 0 Å². The lowest BCUT2D eigenvalue weighted by molar-refractivity contribution is 0.328. The lowest BCUT2D eigenvalue weighted by Gasteiger charge is -2.40. The van der Waals surface area contributed by atoms with E-state index in [9.17, 15) is 0 Å². The van der Waals surface area contributed by atoms with E-state index in [0.29, 0.717) is 24.2 Å². The fourth-order valence-electron chi connectivity index (χ4n) is 4.66. The topological polar surface area (TPSA) is 48.4 Å². The summed E-state index contributed by atoms with van der Waals surface area (Å²) in [6, 6.07) is 11.0. The predicted molar refractivity (Wildman–Crippen MR) is 124 cm³/mol. The monoisotopic (exact) mass is 410 g/mol. The second kappa shape index (κ2) is 9.08. The summed E-state index contributed by atoms with van der Waals surface area (Å²) in [6.45, 7) is 7.47. The number of nitrogens with one attached hydrogen (secondary N) is 2. The first kappa shape index (κ1) is 21.3. The fourth-order valence-corrected chi connectivity index (χ4v) is 4.66. The number of hydrogen-bond donors (Lipinski definition) is 2. The summed E-state index contributed by atoms with van der Waals surface area (Å²) in [5, 5.41) is 11.9. The summed E-state index contributed by atoms with van der Waals surface area (Å²) in [5.41, 5.74) is 4.15. The summed E-state index contributed by atoms with van der Waals surface area (Å²) in [4.78, 5) is 4.83. The zero-order valence-corrected chi connectivity index (χ0v) is 19.2. The van der Waals surface area contributed by atoms with Gasteiger partial charge in [0, 0.05) is 50.4 Å². The Hall–Kier alpha value is -1.89. The summed E-state index contributed by atoms with van der Waals surface area (Å²) in [6.07, 6.45) is 5.79. The van der Waals surface area contributed by atoms with Gasteiger partial charge in [-0.05, 0) is 58.3 Å². The molecule has 6 heteroatoms. The Morgan fingerprint density at radius 2 is 2.07 bits per heavy atom. The van der Waals surface area contributed by atoms with E-state index in [1.54, 1.807) is 0 Å². The number of fused-ring (bicyclic) bond motifs is 1. The van der Waals surface area contributed by atoms with Crippen molar-refractivity contribution in [1.29, 1.82) is 0 Å². The Labute approximate surface area is 181 Å². The molecule has 0 amide bonds. The molecule has 2 aromatic rings. The zero-order chi connectivity index (χ0) is 21.3. The zero-order valence-electron chi connectivity index (χ0n) is 19.2. The molecule has 2 N–H and O–H groups in total. The van der Waals surface area contributed by atoms with Crippen LogP contribution in [0.1, 0.15) is 67.9 Å². The molecule has 2 heterocycles. The van der Waals surface area contributed by atoms with Gasteiger partial charge < -0.3 is 20.4 Å². The SMILES string of the molecule is CNCCN(C)Cc1cccc(C2CC(NC3CC3)c3cnn(C(C)C)c3N2C)c1. The molecule has 1 aliphatic carbocycles. The minimum Gasteiger partial charge on any atom is -0.352 e. The number of benzene rings is 1. The number of rotatable bonds is 9. The van der Waals surface area contributed by atoms with Crippen LogP contribution in [0, 0.1) is 0 Å². The maximum absolute atomic E-state index is 4.76. The Morgan fingerprint density at radius 1 is 1.27 bits per heavy atom. The minimum absolute atomic E-state index is 0.351. The lowest BCUT2D eigenvalue weighted by atomic mass is 9.89. The third-order valence-electron chi connectivity index (χ3n) is 6.47. The summed E-state index contributed by atoms with van der Waals surface area (Å²) in [5.74, 6) is 1.27. The van der Waals surface area contributed by atoms with Crippen LogP contribution in [0.4, 0.5) is 5.82 Å². The van der Waals surface area contributed by atoms with E-state index in [0.717, 1.165) is 26.1 Å². The smallest absolute Gasteiger partial charge is 0.132 e. The van der Waals surface area contributed by atoms with Gasteiger partial charge >= 0.3 is 0 Å². The second-order valence-corrected chi connectivity index (χ2v) is 9.40. The second-order valence-electron chi connectivity index (χ2n) is 9.40. The van der Waals surface area contributed by atoms with Crippen molar-refractivity contribution in [2.24, 2.45) is 0 Å². The highest BCUT2D eigenvalue weighted by Crippen LogP contribution is 2.44. The van der Waals surface area contributed by atoms with Crippen LogP contribution in [0.2, 0.25) is 0 Å². The van der Waals surface area contributed by atoms with E-state index in [4.69, 9.17) is 5.10 Å².